The summed E-state index contributed by atoms with van der Waals surface area (Å²) in [6, 6.07) is 14.0. The first kappa shape index (κ1) is 35.4. The number of benzene rings is 2. The van der Waals surface area contributed by atoms with Crippen molar-refractivity contribution >= 4 is 27.9 Å². The van der Waals surface area contributed by atoms with Gasteiger partial charge in [-0.05, 0) is 48.4 Å². The molecule has 14 heteroatoms. The van der Waals surface area contributed by atoms with E-state index < -0.39 is 52.1 Å². The lowest BCUT2D eigenvalue weighted by atomic mass is 9.89. The summed E-state index contributed by atoms with van der Waals surface area (Å²) >= 11 is 0. The molecular formula is C32H46N4O9S. The van der Waals surface area contributed by atoms with Crippen LogP contribution in [-0.2, 0) is 30.7 Å². The van der Waals surface area contributed by atoms with Crippen LogP contribution >= 0.6 is 0 Å². The van der Waals surface area contributed by atoms with Gasteiger partial charge in [0.15, 0.2) is 6.29 Å². The molecule has 2 saturated heterocycles. The van der Waals surface area contributed by atoms with E-state index in [1.54, 1.807) is 19.2 Å². The summed E-state index contributed by atoms with van der Waals surface area (Å²) in [5.74, 6) is -0.202. The number of sulfonamides is 1. The highest BCUT2D eigenvalue weighted by Gasteiger charge is 2.49. The number of ether oxygens (including phenoxy) is 3. The number of carbonyl (C=O) groups is 2. The minimum atomic E-state index is -4.18. The van der Waals surface area contributed by atoms with Crippen molar-refractivity contribution in [1.29, 1.82) is 0 Å². The summed E-state index contributed by atoms with van der Waals surface area (Å²) in [5, 5.41) is 28.1. The molecule has 2 aromatic carbocycles. The van der Waals surface area contributed by atoms with Crippen molar-refractivity contribution in [2.45, 2.75) is 62.5 Å². The fraction of sp³-hybridized carbons (Fsp3) is 0.562. The van der Waals surface area contributed by atoms with E-state index in [9.17, 15) is 28.2 Å². The van der Waals surface area contributed by atoms with Crippen molar-refractivity contribution in [3.63, 3.8) is 0 Å². The van der Waals surface area contributed by atoms with Crippen LogP contribution in [0.25, 0.3) is 0 Å². The molecular weight excluding hydrogens is 616 g/mol. The summed E-state index contributed by atoms with van der Waals surface area (Å²) in [4.78, 5) is 25.9. The molecule has 0 aliphatic carbocycles. The molecule has 254 valence electrons. The Balaban J connectivity index is 1.69. The molecule has 2 aromatic rings. The average molecular weight is 663 g/mol. The maximum Gasteiger partial charge on any atom is 0.407 e. The van der Waals surface area contributed by atoms with Gasteiger partial charge in [0.25, 0.3) is 0 Å². The summed E-state index contributed by atoms with van der Waals surface area (Å²) < 4.78 is 45.8. The van der Waals surface area contributed by atoms with E-state index in [1.807, 2.05) is 44.2 Å². The highest BCUT2D eigenvalue weighted by molar-refractivity contribution is 7.89. The van der Waals surface area contributed by atoms with E-state index in [0.717, 1.165) is 5.56 Å². The van der Waals surface area contributed by atoms with Crippen molar-refractivity contribution in [3.05, 3.63) is 60.2 Å². The van der Waals surface area contributed by atoms with Gasteiger partial charge in [-0.2, -0.15) is 4.31 Å². The predicted octanol–water partition coefficient (Wildman–Crippen LogP) is 3.20. The Morgan fingerprint density at radius 1 is 1.13 bits per heavy atom. The Kier molecular flexibility index (Phi) is 11.9. The Bertz CT molecular complexity index is 1430. The molecule has 4 rings (SSSR count). The number of aliphatic hydroxyl groups is 1. The molecule has 0 bridgehead atoms. The highest BCUT2D eigenvalue weighted by atomic mass is 32.2. The van der Waals surface area contributed by atoms with Crippen molar-refractivity contribution in [1.82, 2.24) is 14.5 Å². The topological polar surface area (TPSA) is 167 Å². The molecule has 2 fully saturated rings. The van der Waals surface area contributed by atoms with Crippen molar-refractivity contribution < 1.29 is 42.4 Å². The molecule has 4 N–H and O–H groups in total. The first-order valence-electron chi connectivity index (χ1n) is 15.4. The van der Waals surface area contributed by atoms with Crippen molar-refractivity contribution in [2.24, 2.45) is 11.3 Å². The zero-order valence-corrected chi connectivity index (χ0v) is 27.6. The van der Waals surface area contributed by atoms with E-state index >= 15 is 0 Å². The Morgan fingerprint density at radius 2 is 1.87 bits per heavy atom. The second-order valence-electron chi connectivity index (χ2n) is 12.5. The van der Waals surface area contributed by atoms with Crippen LogP contribution in [0.3, 0.4) is 0 Å². The maximum atomic E-state index is 14.3. The Labute approximate surface area is 270 Å². The third-order valence-corrected chi connectivity index (χ3v) is 10.5. The number of fused-ring (bicyclic) bond motifs is 1. The summed E-state index contributed by atoms with van der Waals surface area (Å²) in [6.45, 7) is 4.13. The molecule has 0 saturated carbocycles. The van der Waals surface area contributed by atoms with Gasteiger partial charge in [0.05, 0.1) is 43.4 Å². The van der Waals surface area contributed by atoms with Crippen LogP contribution in [0.4, 0.5) is 15.3 Å². The van der Waals surface area contributed by atoms with Gasteiger partial charge in [-0.1, -0.05) is 50.2 Å². The smallest absolute Gasteiger partial charge is 0.407 e. The highest BCUT2D eigenvalue weighted by Crippen LogP contribution is 2.36. The normalized spacial score (nSPS) is 21.0. The lowest BCUT2D eigenvalue weighted by Gasteiger charge is -2.40. The number of carboxylic acid groups (broad SMARTS) is 1. The average Bonchev–Trinajstić information content (AvgIpc) is 3.65. The molecule has 0 unspecified atom stereocenters. The number of anilines is 1. The molecule has 2 aliphatic rings. The Morgan fingerprint density at radius 3 is 2.54 bits per heavy atom. The van der Waals surface area contributed by atoms with Gasteiger partial charge < -0.3 is 35.1 Å². The summed E-state index contributed by atoms with van der Waals surface area (Å²) in [5.41, 5.74) is 0.724. The molecule has 46 heavy (non-hydrogen) atoms. The number of carbonyl (C=O) groups excluding carboxylic acids is 1. The van der Waals surface area contributed by atoms with Crippen LogP contribution in [0.15, 0.2) is 59.5 Å². The minimum Gasteiger partial charge on any atom is -0.465 e. The maximum absolute atomic E-state index is 14.3. The number of amides is 2. The van der Waals surface area contributed by atoms with Crippen LogP contribution in [0.5, 0.6) is 0 Å². The Hall–Kier alpha value is -3.43. The molecule has 2 aliphatic heterocycles. The predicted molar refractivity (Wildman–Crippen MR) is 171 cm³/mol. The van der Waals surface area contributed by atoms with Gasteiger partial charge in [-0.3, -0.25) is 4.90 Å². The van der Waals surface area contributed by atoms with Crippen molar-refractivity contribution in [2.75, 3.05) is 52.3 Å². The fourth-order valence-corrected chi connectivity index (χ4v) is 7.90. The van der Waals surface area contributed by atoms with Gasteiger partial charge in [-0.15, -0.1) is 0 Å². The number of aliphatic hydroxyl groups excluding tert-OH is 1. The number of hydrogen-bond acceptors (Lipinski definition) is 9. The van der Waals surface area contributed by atoms with Crippen LogP contribution in [0, 0.1) is 11.3 Å². The molecule has 0 radical (unpaired) electrons. The summed E-state index contributed by atoms with van der Waals surface area (Å²) in [6.07, 6.45) is -2.59. The van der Waals surface area contributed by atoms with Gasteiger partial charge in [-0.25, -0.2) is 18.0 Å². The van der Waals surface area contributed by atoms with E-state index in [2.05, 4.69) is 15.4 Å². The lowest BCUT2D eigenvalue weighted by molar-refractivity contribution is -0.0906. The van der Waals surface area contributed by atoms with Gasteiger partial charge >= 0.3 is 12.2 Å². The van der Waals surface area contributed by atoms with E-state index in [-0.39, 0.29) is 43.5 Å². The first-order chi connectivity index (χ1) is 21.9. The SMILES string of the molecule is CNc1cccc(S(=O)(=O)N(C[C@@H](O)[C@H](Cc2ccccc2)N(C(=O)O)[C@H]2CO[C@H]3OCC[C@H]32)CC(C)(C)CCNC(=O)OC)c1. The number of hydrogen-bond donors (Lipinski definition) is 4. The third-order valence-electron chi connectivity index (χ3n) is 8.69. The van der Waals surface area contributed by atoms with Gasteiger partial charge in [0.2, 0.25) is 10.0 Å². The molecule has 0 aromatic heterocycles. The van der Waals surface area contributed by atoms with Crippen LogP contribution < -0.4 is 10.6 Å². The number of methoxy groups -OCH3 is 1. The second kappa shape index (κ2) is 15.4. The zero-order chi connectivity index (χ0) is 33.5. The lowest BCUT2D eigenvalue weighted by Crippen LogP contribution is -2.58. The van der Waals surface area contributed by atoms with Gasteiger partial charge in [0, 0.05) is 38.3 Å². The quantitative estimate of drug-likeness (QED) is 0.222. The van der Waals surface area contributed by atoms with E-state index in [1.165, 1.54) is 28.4 Å². The first-order valence-corrected chi connectivity index (χ1v) is 16.9. The number of nitrogens with one attached hydrogen (secondary N) is 2. The van der Waals surface area contributed by atoms with Crippen LogP contribution in [0.2, 0.25) is 0 Å². The molecule has 5 atom stereocenters. The molecule has 2 heterocycles. The van der Waals surface area contributed by atoms with Crippen LogP contribution in [0.1, 0.15) is 32.3 Å². The standard InChI is InChI=1S/C32H46N4O9S/c1-32(2,14-15-34-30(38)43-4)21-35(46(41,42)24-12-8-11-23(18-24)33-3)19-28(37)26(17-22-9-6-5-7-10-22)36(31(39)40)27-20-45-29-25(27)13-16-44-29/h5-12,18,25-29,33,37H,13-17,19-21H2,1-4H3,(H,34,38)(H,39,40)/t25-,26-,27-,28+,29+/m0/s1. The number of rotatable bonds is 15. The second-order valence-corrected chi connectivity index (χ2v) is 14.5. The fourth-order valence-electron chi connectivity index (χ4n) is 6.20. The monoisotopic (exact) mass is 662 g/mol. The molecule has 13 nitrogen and oxygen atoms in total. The third kappa shape index (κ3) is 8.68. The van der Waals surface area contributed by atoms with Crippen LogP contribution in [-0.4, -0.2) is 112 Å². The molecule has 2 amide bonds. The van der Waals surface area contributed by atoms with E-state index in [4.69, 9.17) is 9.47 Å². The number of alkyl carbamates (subject to hydrolysis) is 1. The minimum absolute atomic E-state index is 0.0186. The largest absolute Gasteiger partial charge is 0.465 e. The zero-order valence-electron chi connectivity index (χ0n) is 26.8. The number of nitrogens with zero attached hydrogens (tertiary/aromatic N) is 2. The van der Waals surface area contributed by atoms with E-state index in [0.29, 0.717) is 25.1 Å². The van der Waals surface area contributed by atoms with Crippen molar-refractivity contribution in [3.8, 4) is 0 Å². The molecule has 0 spiro atoms. The van der Waals surface area contributed by atoms with Gasteiger partial charge in [0.1, 0.15) is 0 Å². The summed E-state index contributed by atoms with van der Waals surface area (Å²) in [7, 11) is -1.23.